The Morgan fingerprint density at radius 3 is 2.46 bits per heavy atom. The Labute approximate surface area is 84.1 Å². The van der Waals surface area contributed by atoms with Gasteiger partial charge in [-0.3, -0.25) is 4.79 Å². The van der Waals surface area contributed by atoms with E-state index in [2.05, 4.69) is 0 Å². The molecule has 2 nitrogen and oxygen atoms in total. The molecule has 0 amide bonds. The van der Waals surface area contributed by atoms with Crippen LogP contribution >= 0.6 is 11.8 Å². The largest absolute Gasteiger partial charge is 0.480 e. The molecule has 1 fully saturated rings. The lowest BCUT2D eigenvalue weighted by atomic mass is 10.1. The first-order valence-corrected chi connectivity index (χ1v) is 5.88. The molecule has 13 heavy (non-hydrogen) atoms. The number of rotatable bonds is 4. The van der Waals surface area contributed by atoms with Crippen LogP contribution in [0.4, 0.5) is 0 Å². The summed E-state index contributed by atoms with van der Waals surface area (Å²) in [4.78, 5) is 10.8. The van der Waals surface area contributed by atoms with Crippen molar-refractivity contribution in [2.75, 3.05) is 5.75 Å². The van der Waals surface area contributed by atoms with E-state index >= 15 is 0 Å². The molecule has 1 aliphatic carbocycles. The number of hydrogen-bond donors (Lipinski definition) is 1. The Bertz CT molecular complexity index is 183. The number of carboxylic acid groups (broad SMARTS) is 1. The van der Waals surface area contributed by atoms with Gasteiger partial charge in [-0.05, 0) is 38.4 Å². The average Bonchev–Trinajstić information content (AvgIpc) is 2.52. The van der Waals surface area contributed by atoms with Gasteiger partial charge < -0.3 is 5.11 Å². The van der Waals surface area contributed by atoms with Crippen LogP contribution in [0.1, 0.15) is 39.5 Å². The molecule has 0 aliphatic heterocycles. The molecule has 0 aromatic heterocycles. The molecular weight excluding hydrogens is 184 g/mol. The second-order valence-corrected chi connectivity index (χ2v) is 5.92. The Hall–Kier alpha value is -0.180. The number of hydrogen-bond acceptors (Lipinski definition) is 2. The van der Waals surface area contributed by atoms with Crippen LogP contribution in [-0.4, -0.2) is 21.6 Å². The van der Waals surface area contributed by atoms with E-state index in [0.29, 0.717) is 0 Å². The summed E-state index contributed by atoms with van der Waals surface area (Å²) in [5.41, 5.74) is 0. The molecule has 3 heteroatoms. The van der Waals surface area contributed by atoms with Crippen LogP contribution in [0.25, 0.3) is 0 Å². The van der Waals surface area contributed by atoms with E-state index in [1.165, 1.54) is 25.7 Å². The smallest absolute Gasteiger partial charge is 0.319 e. The predicted octanol–water partition coefficient (Wildman–Crippen LogP) is 2.77. The van der Waals surface area contributed by atoms with Crippen LogP contribution in [0.2, 0.25) is 0 Å². The zero-order valence-corrected chi connectivity index (χ0v) is 9.19. The maximum absolute atomic E-state index is 10.8. The Balaban J connectivity index is 2.28. The molecule has 76 valence electrons. The van der Waals surface area contributed by atoms with Crippen molar-refractivity contribution in [3.05, 3.63) is 0 Å². The van der Waals surface area contributed by atoms with Gasteiger partial charge in [-0.1, -0.05) is 12.8 Å². The zero-order chi connectivity index (χ0) is 9.90. The van der Waals surface area contributed by atoms with E-state index in [4.69, 9.17) is 5.11 Å². The van der Waals surface area contributed by atoms with Crippen LogP contribution in [0.15, 0.2) is 0 Å². The number of thioether (sulfide) groups is 1. The third-order valence-corrected chi connectivity index (χ3v) is 4.20. The molecule has 0 unspecified atom stereocenters. The van der Waals surface area contributed by atoms with Crippen molar-refractivity contribution in [3.63, 3.8) is 0 Å². The summed E-state index contributed by atoms with van der Waals surface area (Å²) in [7, 11) is 0. The summed E-state index contributed by atoms with van der Waals surface area (Å²) in [6, 6.07) is 0. The van der Waals surface area contributed by atoms with Gasteiger partial charge in [0.25, 0.3) is 0 Å². The van der Waals surface area contributed by atoms with E-state index in [1.54, 1.807) is 25.6 Å². The average molecular weight is 202 g/mol. The molecular formula is C10H18O2S. The molecule has 0 atom stereocenters. The van der Waals surface area contributed by atoms with Gasteiger partial charge >= 0.3 is 5.97 Å². The van der Waals surface area contributed by atoms with Gasteiger partial charge in [-0.15, -0.1) is 11.8 Å². The number of aliphatic carboxylic acids is 1. The third kappa shape index (κ3) is 3.22. The highest BCUT2D eigenvalue weighted by atomic mass is 32.2. The van der Waals surface area contributed by atoms with Gasteiger partial charge in [-0.25, -0.2) is 0 Å². The molecule has 0 saturated heterocycles. The summed E-state index contributed by atoms with van der Waals surface area (Å²) in [6.45, 7) is 3.57. The van der Waals surface area contributed by atoms with Crippen molar-refractivity contribution in [3.8, 4) is 0 Å². The monoisotopic (exact) mass is 202 g/mol. The molecule has 0 aromatic carbocycles. The van der Waals surface area contributed by atoms with Gasteiger partial charge in [0, 0.05) is 0 Å². The van der Waals surface area contributed by atoms with Gasteiger partial charge in [0.1, 0.15) is 4.75 Å². The maximum atomic E-state index is 10.8. The summed E-state index contributed by atoms with van der Waals surface area (Å²) < 4.78 is -0.609. The second-order valence-electron chi connectivity index (χ2n) is 4.28. The molecule has 1 rings (SSSR count). The highest BCUT2D eigenvalue weighted by Gasteiger charge is 2.29. The second kappa shape index (κ2) is 4.36. The first-order valence-electron chi connectivity index (χ1n) is 4.90. The standard InChI is InChI=1S/C10H18O2S/c1-10(2,9(11)12)13-7-8-5-3-4-6-8/h8H,3-7H2,1-2H3,(H,11,12). The fourth-order valence-electron chi connectivity index (χ4n) is 1.56. The lowest BCUT2D eigenvalue weighted by Gasteiger charge is -2.20. The van der Waals surface area contributed by atoms with Gasteiger partial charge in [0.05, 0.1) is 0 Å². The van der Waals surface area contributed by atoms with Gasteiger partial charge in [-0.2, -0.15) is 0 Å². The van der Waals surface area contributed by atoms with Crippen LogP contribution < -0.4 is 0 Å². The van der Waals surface area contributed by atoms with Crippen molar-refractivity contribution < 1.29 is 9.90 Å². The first kappa shape index (κ1) is 10.9. The Morgan fingerprint density at radius 1 is 1.46 bits per heavy atom. The molecule has 0 aromatic rings. The molecule has 0 radical (unpaired) electrons. The van der Waals surface area contributed by atoms with Crippen LogP contribution in [-0.2, 0) is 4.79 Å². The lowest BCUT2D eigenvalue weighted by molar-refractivity contribution is -0.138. The summed E-state index contributed by atoms with van der Waals surface area (Å²) in [6.07, 6.45) is 5.25. The molecule has 0 spiro atoms. The summed E-state index contributed by atoms with van der Waals surface area (Å²) >= 11 is 1.58. The topological polar surface area (TPSA) is 37.3 Å². The van der Waals surface area contributed by atoms with Gasteiger partial charge in [0.2, 0.25) is 0 Å². The number of carboxylic acids is 1. The molecule has 1 saturated carbocycles. The first-order chi connectivity index (χ1) is 6.02. The van der Waals surface area contributed by atoms with Crippen molar-refractivity contribution in [1.82, 2.24) is 0 Å². The Morgan fingerprint density at radius 2 is 2.00 bits per heavy atom. The normalized spacial score (nSPS) is 19.2. The molecule has 0 heterocycles. The predicted molar refractivity (Wildman–Crippen MR) is 56.1 cm³/mol. The van der Waals surface area contributed by atoms with E-state index in [-0.39, 0.29) is 0 Å². The maximum Gasteiger partial charge on any atom is 0.319 e. The fourth-order valence-corrected chi connectivity index (χ4v) is 2.67. The van der Waals surface area contributed by atoms with Crippen molar-refractivity contribution in [2.45, 2.75) is 44.3 Å². The molecule has 1 aliphatic rings. The lowest BCUT2D eigenvalue weighted by Crippen LogP contribution is -2.28. The van der Waals surface area contributed by atoms with Crippen LogP contribution in [0.5, 0.6) is 0 Å². The van der Waals surface area contributed by atoms with Crippen LogP contribution in [0, 0.1) is 5.92 Å². The highest BCUT2D eigenvalue weighted by molar-refractivity contribution is 8.01. The zero-order valence-electron chi connectivity index (χ0n) is 8.38. The summed E-state index contributed by atoms with van der Waals surface area (Å²) in [5, 5.41) is 8.89. The van der Waals surface area contributed by atoms with E-state index in [0.717, 1.165) is 11.7 Å². The van der Waals surface area contributed by atoms with E-state index in [1.807, 2.05) is 0 Å². The minimum Gasteiger partial charge on any atom is -0.480 e. The van der Waals surface area contributed by atoms with Crippen LogP contribution in [0.3, 0.4) is 0 Å². The quantitative estimate of drug-likeness (QED) is 0.761. The third-order valence-electron chi connectivity index (χ3n) is 2.67. The van der Waals surface area contributed by atoms with Crippen molar-refractivity contribution in [1.29, 1.82) is 0 Å². The van der Waals surface area contributed by atoms with Crippen molar-refractivity contribution in [2.24, 2.45) is 5.92 Å². The van der Waals surface area contributed by atoms with E-state index in [9.17, 15) is 4.79 Å². The molecule has 1 N–H and O–H groups in total. The minimum absolute atomic E-state index is 0.609. The highest BCUT2D eigenvalue weighted by Crippen LogP contribution is 2.33. The molecule has 0 bridgehead atoms. The fraction of sp³-hybridized carbons (Fsp3) is 0.900. The summed E-state index contributed by atoms with van der Waals surface area (Å²) in [5.74, 6) is 1.08. The Kier molecular flexibility index (Phi) is 3.65. The van der Waals surface area contributed by atoms with Gasteiger partial charge in [0.15, 0.2) is 0 Å². The minimum atomic E-state index is -0.699. The SMILES string of the molecule is CC(C)(SCC1CCCC1)C(=O)O. The van der Waals surface area contributed by atoms with E-state index < -0.39 is 10.7 Å². The number of carbonyl (C=O) groups is 1. The van der Waals surface area contributed by atoms with Crippen molar-refractivity contribution >= 4 is 17.7 Å².